The van der Waals surface area contributed by atoms with E-state index in [0.29, 0.717) is 22.0 Å². The number of ether oxygens (including phenoxy) is 2. The lowest BCUT2D eigenvalue weighted by molar-refractivity contribution is -0.146. The number of benzene rings is 2. The highest BCUT2D eigenvalue weighted by Gasteiger charge is 2.23. The molecule has 30 heavy (non-hydrogen) atoms. The maximum atomic E-state index is 12.8. The lowest BCUT2D eigenvalue weighted by Gasteiger charge is -2.13. The number of hydrogen-bond donors (Lipinski definition) is 1. The van der Waals surface area contributed by atoms with E-state index >= 15 is 0 Å². The van der Waals surface area contributed by atoms with E-state index < -0.39 is 18.0 Å². The van der Waals surface area contributed by atoms with Crippen molar-refractivity contribution in [2.45, 2.75) is 19.6 Å². The summed E-state index contributed by atoms with van der Waals surface area (Å²) < 4.78 is 11.8. The van der Waals surface area contributed by atoms with E-state index in [0.717, 1.165) is 10.9 Å². The molecule has 0 spiro atoms. The Morgan fingerprint density at radius 3 is 2.47 bits per heavy atom. The fourth-order valence-electron chi connectivity index (χ4n) is 3.57. The van der Waals surface area contributed by atoms with Gasteiger partial charge in [0.05, 0.1) is 12.7 Å². The Hall–Kier alpha value is -3.87. The Morgan fingerprint density at radius 1 is 1.00 bits per heavy atom. The first-order valence-electron chi connectivity index (χ1n) is 9.45. The number of esters is 2. The summed E-state index contributed by atoms with van der Waals surface area (Å²) >= 11 is 0. The highest BCUT2D eigenvalue weighted by atomic mass is 16.5. The van der Waals surface area contributed by atoms with Gasteiger partial charge in [0.1, 0.15) is 6.54 Å². The average molecular weight is 404 g/mol. The van der Waals surface area contributed by atoms with E-state index in [-0.39, 0.29) is 12.3 Å². The number of aromatic nitrogens is 2. The van der Waals surface area contributed by atoms with Crippen molar-refractivity contribution in [3.8, 4) is 0 Å². The van der Waals surface area contributed by atoms with Crippen LogP contribution in [-0.4, -0.2) is 40.5 Å². The Labute approximate surface area is 172 Å². The van der Waals surface area contributed by atoms with E-state index in [1.54, 1.807) is 42.1 Å². The predicted octanol–water partition coefficient (Wildman–Crippen LogP) is 3.72. The number of hydrogen-bond acceptors (Lipinski definition) is 5. The number of methoxy groups -OCH3 is 1. The Balaban J connectivity index is 1.52. The Kier molecular flexibility index (Phi) is 5.10. The van der Waals surface area contributed by atoms with E-state index in [9.17, 15) is 14.4 Å². The molecule has 2 aromatic carbocycles. The maximum absolute atomic E-state index is 12.8. The number of carbonyl (C=O) groups is 3. The molecule has 0 aliphatic heterocycles. The summed E-state index contributed by atoms with van der Waals surface area (Å²) in [5.41, 5.74) is 2.38. The van der Waals surface area contributed by atoms with Crippen molar-refractivity contribution in [2.24, 2.45) is 0 Å². The number of para-hydroxylation sites is 2. The largest absolute Gasteiger partial charge is 0.465 e. The van der Waals surface area contributed by atoms with Crippen molar-refractivity contribution >= 4 is 39.5 Å². The minimum Gasteiger partial charge on any atom is -0.465 e. The molecule has 2 aromatic heterocycles. The third kappa shape index (κ3) is 3.45. The van der Waals surface area contributed by atoms with Crippen LogP contribution in [0, 0.1) is 0 Å². The summed E-state index contributed by atoms with van der Waals surface area (Å²) in [6, 6.07) is 14.6. The van der Waals surface area contributed by atoms with Crippen LogP contribution >= 0.6 is 0 Å². The first-order valence-corrected chi connectivity index (χ1v) is 9.45. The number of nitrogens with zero attached hydrogens (tertiary/aromatic N) is 1. The number of H-pyrrole nitrogens is 1. The van der Waals surface area contributed by atoms with Crippen LogP contribution in [0.25, 0.3) is 21.8 Å². The molecule has 0 aliphatic carbocycles. The number of aromatic amines is 1. The third-order valence-corrected chi connectivity index (χ3v) is 5.03. The minimum absolute atomic E-state index is 0.136. The predicted molar refractivity (Wildman–Crippen MR) is 111 cm³/mol. The van der Waals surface area contributed by atoms with E-state index in [2.05, 4.69) is 4.98 Å². The molecular formula is C23H20N2O5. The van der Waals surface area contributed by atoms with Crippen molar-refractivity contribution in [2.75, 3.05) is 7.11 Å². The van der Waals surface area contributed by atoms with E-state index in [1.165, 1.54) is 7.11 Å². The molecule has 152 valence electrons. The van der Waals surface area contributed by atoms with Gasteiger partial charge >= 0.3 is 11.9 Å². The van der Waals surface area contributed by atoms with Crippen molar-refractivity contribution in [3.63, 3.8) is 0 Å². The van der Waals surface area contributed by atoms with Crippen molar-refractivity contribution in [1.82, 2.24) is 9.55 Å². The van der Waals surface area contributed by atoms with Crippen molar-refractivity contribution < 1.29 is 23.9 Å². The second kappa shape index (κ2) is 7.87. The van der Waals surface area contributed by atoms with E-state index in [4.69, 9.17) is 9.47 Å². The number of nitrogens with one attached hydrogen (secondary N) is 1. The summed E-state index contributed by atoms with van der Waals surface area (Å²) in [6.45, 7) is 1.42. The highest BCUT2D eigenvalue weighted by molar-refractivity contribution is 6.10. The summed E-state index contributed by atoms with van der Waals surface area (Å²) in [7, 11) is 1.31. The molecule has 0 bridgehead atoms. The van der Waals surface area contributed by atoms with E-state index in [1.807, 2.05) is 30.3 Å². The van der Waals surface area contributed by atoms with Gasteiger partial charge in [-0.15, -0.1) is 0 Å². The van der Waals surface area contributed by atoms with Gasteiger partial charge in [0.15, 0.2) is 6.10 Å². The quantitative estimate of drug-likeness (QED) is 0.391. The topological polar surface area (TPSA) is 90.4 Å². The molecule has 0 unspecified atom stereocenters. The first-order chi connectivity index (χ1) is 14.5. The molecule has 1 atom stereocenters. The summed E-state index contributed by atoms with van der Waals surface area (Å²) in [4.78, 5) is 40.4. The Morgan fingerprint density at radius 2 is 1.70 bits per heavy atom. The normalized spacial score (nSPS) is 12.1. The first kappa shape index (κ1) is 19.4. The molecule has 7 heteroatoms. The molecule has 0 radical (unpaired) electrons. The lowest BCUT2D eigenvalue weighted by atomic mass is 10.1. The standard InChI is InChI=1S/C23H20N2O5/c1-14(22(27)17-11-24-19-9-5-3-7-15(17)19)30-21(26)13-25-12-18(23(28)29-2)16-8-4-6-10-20(16)25/h3-12,14,24H,13H2,1-2H3/t14-/m0/s1. The van der Waals surface area contributed by atoms with Gasteiger partial charge in [0.25, 0.3) is 0 Å². The van der Waals surface area contributed by atoms with Crippen molar-refractivity contribution in [1.29, 1.82) is 0 Å². The van der Waals surface area contributed by atoms with Crippen LogP contribution in [0.5, 0.6) is 0 Å². The summed E-state index contributed by atoms with van der Waals surface area (Å²) in [5.74, 6) is -1.34. The zero-order chi connectivity index (χ0) is 21.3. The molecule has 0 aliphatic rings. The number of ketones is 1. The van der Waals surface area contributed by atoms with Gasteiger partial charge in [0.2, 0.25) is 5.78 Å². The number of Topliss-reactive ketones (excluding diaryl/α,β-unsaturated/α-hetero) is 1. The van der Waals surface area contributed by atoms with Crippen LogP contribution in [0.15, 0.2) is 60.9 Å². The van der Waals surface area contributed by atoms with Gasteiger partial charge in [-0.25, -0.2) is 4.79 Å². The average Bonchev–Trinajstić information content (AvgIpc) is 3.34. The fraction of sp³-hybridized carbons (Fsp3) is 0.174. The molecule has 2 heterocycles. The fourth-order valence-corrected chi connectivity index (χ4v) is 3.57. The molecular weight excluding hydrogens is 384 g/mol. The molecule has 1 N–H and O–H groups in total. The molecule has 0 fully saturated rings. The Bertz CT molecular complexity index is 1270. The molecule has 4 rings (SSSR count). The molecule has 0 saturated carbocycles. The van der Waals surface area contributed by atoms with Gasteiger partial charge in [-0.3, -0.25) is 9.59 Å². The molecule has 0 saturated heterocycles. The molecule has 7 nitrogen and oxygen atoms in total. The van der Waals surface area contributed by atoms with Gasteiger partial charge in [0, 0.05) is 39.8 Å². The zero-order valence-corrected chi connectivity index (χ0v) is 16.5. The zero-order valence-electron chi connectivity index (χ0n) is 16.5. The van der Waals surface area contributed by atoms with Crippen LogP contribution in [0.2, 0.25) is 0 Å². The molecule has 4 aromatic rings. The summed E-state index contributed by atoms with van der Waals surface area (Å²) in [5, 5.41) is 1.46. The third-order valence-electron chi connectivity index (χ3n) is 5.03. The van der Waals surface area contributed by atoms with Crippen LogP contribution in [-0.2, 0) is 20.8 Å². The monoisotopic (exact) mass is 404 g/mol. The SMILES string of the molecule is COC(=O)c1cn(CC(=O)O[C@@H](C)C(=O)c2c[nH]c3ccccc23)c2ccccc12. The van der Waals surface area contributed by atoms with Crippen LogP contribution in [0.4, 0.5) is 0 Å². The van der Waals surface area contributed by atoms with Crippen LogP contribution in [0.1, 0.15) is 27.6 Å². The number of rotatable bonds is 6. The number of fused-ring (bicyclic) bond motifs is 2. The smallest absolute Gasteiger partial charge is 0.340 e. The van der Waals surface area contributed by atoms with Crippen LogP contribution < -0.4 is 0 Å². The highest BCUT2D eigenvalue weighted by Crippen LogP contribution is 2.23. The van der Waals surface area contributed by atoms with Crippen molar-refractivity contribution in [3.05, 3.63) is 72.1 Å². The minimum atomic E-state index is -0.946. The van der Waals surface area contributed by atoms with Gasteiger partial charge < -0.3 is 19.0 Å². The maximum Gasteiger partial charge on any atom is 0.340 e. The summed E-state index contributed by atoms with van der Waals surface area (Å²) in [6.07, 6.45) is 2.24. The van der Waals surface area contributed by atoms with Crippen LogP contribution in [0.3, 0.4) is 0 Å². The lowest BCUT2D eigenvalue weighted by Crippen LogP contribution is -2.26. The van der Waals surface area contributed by atoms with Gasteiger partial charge in [-0.05, 0) is 19.1 Å². The second-order valence-corrected chi connectivity index (χ2v) is 6.92. The molecule has 0 amide bonds. The second-order valence-electron chi connectivity index (χ2n) is 6.92. The van der Waals surface area contributed by atoms with Gasteiger partial charge in [-0.2, -0.15) is 0 Å². The van der Waals surface area contributed by atoms with Gasteiger partial charge in [-0.1, -0.05) is 36.4 Å². The number of carbonyl (C=O) groups excluding carboxylic acids is 3.